The lowest BCUT2D eigenvalue weighted by Gasteiger charge is -2.10. The Hall–Kier alpha value is -2.28. The molecule has 0 amide bonds. The normalized spacial score (nSPS) is 7.82. The van der Waals surface area contributed by atoms with Crippen molar-refractivity contribution >= 4 is 23.9 Å². The van der Waals surface area contributed by atoms with Gasteiger partial charge in [-0.05, 0) is 0 Å². The Morgan fingerprint density at radius 2 is 0.773 bits per heavy atom. The molecule has 134 valence electrons. The lowest BCUT2D eigenvalue weighted by molar-refractivity contribution is -0.135. The second kappa shape index (κ2) is 21.0. The molecule has 0 rings (SSSR count). The molecule has 10 N–H and O–H groups in total. The van der Waals surface area contributed by atoms with Crippen molar-refractivity contribution in [1.82, 2.24) is 0 Å². The summed E-state index contributed by atoms with van der Waals surface area (Å²) in [6, 6.07) is 0. The van der Waals surface area contributed by atoms with Crippen LogP contribution in [0.3, 0.4) is 0 Å². The van der Waals surface area contributed by atoms with E-state index in [4.69, 9.17) is 49.8 Å². The third kappa shape index (κ3) is 9560. The standard InChI is InChI=1S/C2H8N2O2.4C2H4O2/c3-2(4,6)1-5;4*1-2(3)4/h5-6H,1,3-4H2;4*1H3,(H,3,4). The van der Waals surface area contributed by atoms with Crippen LogP contribution in [-0.4, -0.2) is 67.0 Å². The largest absolute Gasteiger partial charge is 0.481 e. The van der Waals surface area contributed by atoms with Gasteiger partial charge < -0.3 is 30.6 Å². The average Bonchev–Trinajstić information content (AvgIpc) is 2.12. The molecule has 0 fully saturated rings. The Balaban J connectivity index is -0.0000000555. The van der Waals surface area contributed by atoms with E-state index in [-0.39, 0.29) is 0 Å². The van der Waals surface area contributed by atoms with Gasteiger partial charge in [-0.3, -0.25) is 30.6 Å². The zero-order chi connectivity index (χ0) is 19.5. The van der Waals surface area contributed by atoms with Gasteiger partial charge in [-0.15, -0.1) is 0 Å². The summed E-state index contributed by atoms with van der Waals surface area (Å²) in [6.07, 6.45) is 0. The smallest absolute Gasteiger partial charge is 0.300 e. The van der Waals surface area contributed by atoms with Crippen LogP contribution in [0.5, 0.6) is 0 Å². The summed E-state index contributed by atoms with van der Waals surface area (Å²) in [5.74, 6) is -5.24. The Labute approximate surface area is 126 Å². The van der Waals surface area contributed by atoms with Gasteiger partial charge in [0.05, 0.1) is 6.61 Å². The van der Waals surface area contributed by atoms with Crippen LogP contribution in [-0.2, 0) is 19.2 Å². The molecule has 0 heterocycles. The number of carbonyl (C=O) groups is 4. The maximum absolute atomic E-state index is 9.00. The van der Waals surface area contributed by atoms with Crippen LogP contribution < -0.4 is 11.5 Å². The number of nitrogens with two attached hydrogens (primary N) is 2. The molecule has 0 atom stereocenters. The van der Waals surface area contributed by atoms with Crippen LogP contribution in [0.2, 0.25) is 0 Å². The van der Waals surface area contributed by atoms with Crippen molar-refractivity contribution in [2.45, 2.75) is 33.5 Å². The second-order valence-electron chi connectivity index (χ2n) is 3.23. The van der Waals surface area contributed by atoms with E-state index in [1.807, 2.05) is 0 Å². The number of aliphatic carboxylic acids is 4. The molecule has 0 aromatic heterocycles. The Morgan fingerprint density at radius 1 is 0.727 bits per heavy atom. The van der Waals surface area contributed by atoms with Crippen molar-refractivity contribution in [3.8, 4) is 0 Å². The number of aliphatic hydroxyl groups excluding tert-OH is 1. The van der Waals surface area contributed by atoms with E-state index in [0.29, 0.717) is 0 Å². The Kier molecular flexibility index (Phi) is 30.5. The summed E-state index contributed by atoms with van der Waals surface area (Å²) in [5.41, 5.74) is 9.24. The Morgan fingerprint density at radius 3 is 0.773 bits per heavy atom. The van der Waals surface area contributed by atoms with Crippen molar-refractivity contribution in [3.05, 3.63) is 0 Å². The fourth-order valence-electron chi connectivity index (χ4n) is 0. The van der Waals surface area contributed by atoms with Crippen LogP contribution in [0.15, 0.2) is 0 Å². The molecule has 22 heavy (non-hydrogen) atoms. The van der Waals surface area contributed by atoms with E-state index in [9.17, 15) is 0 Å². The van der Waals surface area contributed by atoms with Gasteiger partial charge in [0.1, 0.15) is 0 Å². The fraction of sp³-hybridized carbons (Fsp3) is 0.600. The number of aliphatic hydroxyl groups is 2. The molecule has 12 nitrogen and oxygen atoms in total. The summed E-state index contributed by atoms with van der Waals surface area (Å²) >= 11 is 0. The van der Waals surface area contributed by atoms with E-state index < -0.39 is 36.3 Å². The van der Waals surface area contributed by atoms with Gasteiger partial charge in [-0.25, -0.2) is 0 Å². The summed E-state index contributed by atoms with van der Waals surface area (Å²) in [7, 11) is 0. The van der Waals surface area contributed by atoms with Crippen LogP contribution in [0, 0.1) is 0 Å². The molecular formula is C10H24N2O10. The highest BCUT2D eigenvalue weighted by molar-refractivity contribution is 5.63. The van der Waals surface area contributed by atoms with E-state index in [2.05, 4.69) is 11.5 Å². The van der Waals surface area contributed by atoms with Gasteiger partial charge in [0.15, 0.2) is 5.85 Å². The third-order valence-corrected chi connectivity index (χ3v) is 0.253. The molecule has 12 heteroatoms. The molecule has 0 aromatic rings. The molecule has 0 saturated heterocycles. The molecule has 0 aliphatic rings. The van der Waals surface area contributed by atoms with Crippen molar-refractivity contribution in [2.75, 3.05) is 6.61 Å². The predicted molar refractivity (Wildman–Crippen MR) is 73.6 cm³/mol. The van der Waals surface area contributed by atoms with Crippen LogP contribution in [0.4, 0.5) is 0 Å². The van der Waals surface area contributed by atoms with Crippen LogP contribution in [0.1, 0.15) is 27.7 Å². The number of carboxylic acids is 4. The average molecular weight is 332 g/mol. The minimum Gasteiger partial charge on any atom is -0.481 e. The highest BCUT2D eigenvalue weighted by atomic mass is 16.4. The highest BCUT2D eigenvalue weighted by Gasteiger charge is 2.08. The molecule has 0 bridgehead atoms. The molecular weight excluding hydrogens is 308 g/mol. The SMILES string of the molecule is CC(=O)O.CC(=O)O.CC(=O)O.CC(=O)O.NC(N)(O)CO. The first-order valence-electron chi connectivity index (χ1n) is 5.18. The van der Waals surface area contributed by atoms with Crippen molar-refractivity contribution in [3.63, 3.8) is 0 Å². The Bertz CT molecular complexity index is 247. The molecule has 0 saturated carbocycles. The number of hydrogen-bond donors (Lipinski definition) is 8. The number of hydrogen-bond acceptors (Lipinski definition) is 8. The molecule has 0 aromatic carbocycles. The maximum Gasteiger partial charge on any atom is 0.300 e. The zero-order valence-corrected chi connectivity index (χ0v) is 12.7. The fourth-order valence-corrected chi connectivity index (χ4v) is 0. The van der Waals surface area contributed by atoms with Crippen LogP contribution >= 0.6 is 0 Å². The van der Waals surface area contributed by atoms with Gasteiger partial charge >= 0.3 is 0 Å². The van der Waals surface area contributed by atoms with E-state index in [1.165, 1.54) is 0 Å². The van der Waals surface area contributed by atoms with Crippen molar-refractivity contribution in [2.24, 2.45) is 11.5 Å². The lowest BCUT2D eigenvalue weighted by Crippen LogP contribution is -2.52. The van der Waals surface area contributed by atoms with Crippen LogP contribution in [0.25, 0.3) is 0 Å². The van der Waals surface area contributed by atoms with Crippen molar-refractivity contribution in [1.29, 1.82) is 0 Å². The summed E-state index contributed by atoms with van der Waals surface area (Å²) in [5, 5.41) is 45.7. The predicted octanol–water partition coefficient (Wildman–Crippen LogP) is -2.09. The van der Waals surface area contributed by atoms with Gasteiger partial charge in [0, 0.05) is 27.7 Å². The van der Waals surface area contributed by atoms with Crippen molar-refractivity contribution < 1.29 is 49.8 Å². The number of rotatable bonds is 1. The quantitative estimate of drug-likeness (QED) is 0.241. The summed E-state index contributed by atoms with van der Waals surface area (Å²) in [6.45, 7) is 3.72. The second-order valence-corrected chi connectivity index (χ2v) is 3.23. The number of carboxylic acid groups (broad SMARTS) is 4. The van der Waals surface area contributed by atoms with E-state index in [0.717, 1.165) is 27.7 Å². The summed E-state index contributed by atoms with van der Waals surface area (Å²) in [4.78, 5) is 36.0. The maximum atomic E-state index is 9.00. The summed E-state index contributed by atoms with van der Waals surface area (Å²) < 4.78 is 0. The van der Waals surface area contributed by atoms with Gasteiger partial charge in [-0.1, -0.05) is 0 Å². The molecule has 0 spiro atoms. The van der Waals surface area contributed by atoms with Gasteiger partial charge in [0.2, 0.25) is 0 Å². The minimum atomic E-state index is -1.90. The first-order valence-corrected chi connectivity index (χ1v) is 5.18. The van der Waals surface area contributed by atoms with E-state index in [1.54, 1.807) is 0 Å². The first kappa shape index (κ1) is 31.9. The van der Waals surface area contributed by atoms with Gasteiger partial charge in [-0.2, -0.15) is 0 Å². The topological polar surface area (TPSA) is 242 Å². The molecule has 0 unspecified atom stereocenters. The van der Waals surface area contributed by atoms with E-state index >= 15 is 0 Å². The highest BCUT2D eigenvalue weighted by Crippen LogP contribution is 1.72. The third-order valence-electron chi connectivity index (χ3n) is 0.253. The molecule has 0 aliphatic carbocycles. The minimum absolute atomic E-state index is 0.618. The molecule has 0 aliphatic heterocycles. The lowest BCUT2D eigenvalue weighted by atomic mass is 10.5. The van der Waals surface area contributed by atoms with Gasteiger partial charge in [0.25, 0.3) is 23.9 Å². The monoisotopic (exact) mass is 332 g/mol. The first-order chi connectivity index (χ1) is 9.49. The zero-order valence-electron chi connectivity index (χ0n) is 12.7. The molecule has 0 radical (unpaired) electrons.